The van der Waals surface area contributed by atoms with Crippen molar-refractivity contribution in [1.29, 1.82) is 0 Å². The van der Waals surface area contributed by atoms with Crippen LogP contribution in [0.5, 0.6) is 5.75 Å². The summed E-state index contributed by atoms with van der Waals surface area (Å²) < 4.78 is 10.4. The molecule has 0 unspecified atom stereocenters. The summed E-state index contributed by atoms with van der Waals surface area (Å²) in [6.07, 6.45) is 3.67. The Kier molecular flexibility index (Phi) is 5.21. The lowest BCUT2D eigenvalue weighted by molar-refractivity contribution is -0.116. The van der Waals surface area contributed by atoms with E-state index in [1.807, 2.05) is 24.3 Å². The lowest BCUT2D eigenvalue weighted by atomic mass is 9.95. The number of anilines is 1. The summed E-state index contributed by atoms with van der Waals surface area (Å²) in [4.78, 5) is 11.9. The number of hydrogen-bond acceptors (Lipinski definition) is 3. The molecule has 1 amide bonds. The quantitative estimate of drug-likeness (QED) is 0.888. The van der Waals surface area contributed by atoms with Gasteiger partial charge in [-0.25, -0.2) is 0 Å². The zero-order valence-corrected chi connectivity index (χ0v) is 11.4. The first-order valence-corrected chi connectivity index (χ1v) is 6.79. The molecule has 1 aliphatic rings. The molecule has 0 spiro atoms. The molecule has 0 bridgehead atoms. The van der Waals surface area contributed by atoms with Crippen LogP contribution in [0.4, 0.5) is 5.69 Å². The fraction of sp³-hybridized carbons (Fsp3) is 0.533. The largest absolute Gasteiger partial charge is 0.497 e. The molecule has 0 radical (unpaired) electrons. The summed E-state index contributed by atoms with van der Waals surface area (Å²) >= 11 is 0. The number of hydrogen-bond donors (Lipinski definition) is 1. The lowest BCUT2D eigenvalue weighted by Crippen LogP contribution is -2.18. The Morgan fingerprint density at radius 3 is 2.95 bits per heavy atom. The number of amides is 1. The first-order valence-electron chi connectivity index (χ1n) is 6.79. The van der Waals surface area contributed by atoms with Gasteiger partial charge < -0.3 is 14.8 Å². The molecule has 0 aliphatic carbocycles. The third kappa shape index (κ3) is 4.56. The highest BCUT2D eigenvalue weighted by Gasteiger charge is 2.15. The van der Waals surface area contributed by atoms with Gasteiger partial charge in [0.05, 0.1) is 7.11 Å². The van der Waals surface area contributed by atoms with Gasteiger partial charge in [0.25, 0.3) is 0 Å². The van der Waals surface area contributed by atoms with Crippen LogP contribution in [0.2, 0.25) is 0 Å². The van der Waals surface area contributed by atoms with E-state index >= 15 is 0 Å². The van der Waals surface area contributed by atoms with Gasteiger partial charge in [-0.2, -0.15) is 0 Å². The first kappa shape index (κ1) is 13.9. The number of benzene rings is 1. The highest BCUT2D eigenvalue weighted by Crippen LogP contribution is 2.21. The van der Waals surface area contributed by atoms with Gasteiger partial charge in [0.2, 0.25) is 5.91 Å². The van der Waals surface area contributed by atoms with E-state index in [4.69, 9.17) is 9.47 Å². The molecule has 1 fully saturated rings. The molecule has 1 N–H and O–H groups in total. The van der Waals surface area contributed by atoms with Crippen molar-refractivity contribution in [3.8, 4) is 5.75 Å². The monoisotopic (exact) mass is 263 g/mol. The van der Waals surface area contributed by atoms with Crippen LogP contribution in [-0.4, -0.2) is 26.2 Å². The average molecular weight is 263 g/mol. The van der Waals surface area contributed by atoms with Gasteiger partial charge in [0, 0.05) is 31.4 Å². The highest BCUT2D eigenvalue weighted by molar-refractivity contribution is 5.90. The Hall–Kier alpha value is -1.55. The Balaban J connectivity index is 1.76. The topological polar surface area (TPSA) is 47.6 Å². The van der Waals surface area contributed by atoms with Crippen molar-refractivity contribution in [2.45, 2.75) is 25.7 Å². The molecule has 1 aliphatic heterocycles. The number of carbonyl (C=O) groups is 1. The van der Waals surface area contributed by atoms with Crippen LogP contribution in [0.15, 0.2) is 24.3 Å². The van der Waals surface area contributed by atoms with Crippen molar-refractivity contribution in [1.82, 2.24) is 0 Å². The standard InChI is InChI=1S/C15H21NO3/c1-18-14-4-2-3-13(11-14)16-15(17)6-5-12-7-9-19-10-8-12/h2-4,11-12H,5-10H2,1H3,(H,16,17). The maximum Gasteiger partial charge on any atom is 0.224 e. The molecular weight excluding hydrogens is 242 g/mol. The summed E-state index contributed by atoms with van der Waals surface area (Å²) in [5.41, 5.74) is 0.788. The van der Waals surface area contributed by atoms with Crippen molar-refractivity contribution >= 4 is 11.6 Å². The van der Waals surface area contributed by atoms with Gasteiger partial charge in [0.15, 0.2) is 0 Å². The van der Waals surface area contributed by atoms with E-state index in [2.05, 4.69) is 5.32 Å². The second kappa shape index (κ2) is 7.14. The molecule has 19 heavy (non-hydrogen) atoms. The smallest absolute Gasteiger partial charge is 0.224 e. The molecule has 1 aromatic carbocycles. The lowest BCUT2D eigenvalue weighted by Gasteiger charge is -2.21. The van der Waals surface area contributed by atoms with E-state index in [1.165, 1.54) is 0 Å². The molecular formula is C15H21NO3. The molecule has 104 valence electrons. The number of methoxy groups -OCH3 is 1. The predicted molar refractivity (Wildman–Crippen MR) is 74.4 cm³/mol. The molecule has 0 saturated carbocycles. The normalized spacial score (nSPS) is 16.1. The maximum absolute atomic E-state index is 11.9. The molecule has 1 aromatic rings. The van der Waals surface area contributed by atoms with Gasteiger partial charge in [0.1, 0.15) is 5.75 Å². The number of rotatable bonds is 5. The highest BCUT2D eigenvalue weighted by atomic mass is 16.5. The maximum atomic E-state index is 11.9. The van der Waals surface area contributed by atoms with Gasteiger partial charge in [-0.05, 0) is 37.3 Å². The minimum Gasteiger partial charge on any atom is -0.497 e. The number of carbonyl (C=O) groups excluding carboxylic acids is 1. The molecule has 4 heteroatoms. The van der Waals surface area contributed by atoms with E-state index in [0.29, 0.717) is 12.3 Å². The van der Waals surface area contributed by atoms with E-state index in [1.54, 1.807) is 7.11 Å². The third-order valence-electron chi connectivity index (χ3n) is 3.47. The Bertz CT molecular complexity index is 414. The Morgan fingerprint density at radius 2 is 2.21 bits per heavy atom. The van der Waals surface area contributed by atoms with Crippen molar-refractivity contribution in [2.75, 3.05) is 25.6 Å². The molecule has 0 aromatic heterocycles. The molecule has 0 atom stereocenters. The molecule has 4 nitrogen and oxygen atoms in total. The summed E-state index contributed by atoms with van der Waals surface area (Å²) in [7, 11) is 1.62. The molecule has 1 heterocycles. The van der Waals surface area contributed by atoms with Crippen LogP contribution in [0.1, 0.15) is 25.7 Å². The number of nitrogens with one attached hydrogen (secondary N) is 1. The van der Waals surface area contributed by atoms with Crippen molar-refractivity contribution in [3.63, 3.8) is 0 Å². The SMILES string of the molecule is COc1cccc(NC(=O)CCC2CCOCC2)c1. The van der Waals surface area contributed by atoms with Crippen LogP contribution in [-0.2, 0) is 9.53 Å². The predicted octanol–water partition coefficient (Wildman–Crippen LogP) is 2.84. The average Bonchev–Trinajstić information content (AvgIpc) is 2.46. The molecule has 1 saturated heterocycles. The van der Waals surface area contributed by atoms with Gasteiger partial charge in [-0.1, -0.05) is 6.07 Å². The second-order valence-electron chi connectivity index (χ2n) is 4.87. The fourth-order valence-corrected chi connectivity index (χ4v) is 2.29. The van der Waals surface area contributed by atoms with E-state index in [-0.39, 0.29) is 5.91 Å². The summed E-state index contributed by atoms with van der Waals surface area (Å²) in [5.74, 6) is 1.45. The van der Waals surface area contributed by atoms with Crippen molar-refractivity contribution in [2.24, 2.45) is 5.92 Å². The van der Waals surface area contributed by atoms with Crippen LogP contribution in [0, 0.1) is 5.92 Å². The first-order chi connectivity index (χ1) is 9.28. The van der Waals surface area contributed by atoms with Gasteiger partial charge in [-0.3, -0.25) is 4.79 Å². The summed E-state index contributed by atoms with van der Waals surface area (Å²) in [5, 5.41) is 2.91. The van der Waals surface area contributed by atoms with Crippen LogP contribution in [0.25, 0.3) is 0 Å². The minimum absolute atomic E-state index is 0.0692. The Labute approximate surface area is 114 Å². The van der Waals surface area contributed by atoms with Crippen molar-refractivity contribution < 1.29 is 14.3 Å². The second-order valence-corrected chi connectivity index (χ2v) is 4.87. The number of ether oxygens (including phenoxy) is 2. The van der Waals surface area contributed by atoms with Gasteiger partial charge in [-0.15, -0.1) is 0 Å². The summed E-state index contributed by atoms with van der Waals surface area (Å²) in [6, 6.07) is 7.42. The van der Waals surface area contributed by atoms with E-state index in [9.17, 15) is 4.79 Å². The van der Waals surface area contributed by atoms with Crippen LogP contribution >= 0.6 is 0 Å². The summed E-state index contributed by atoms with van der Waals surface area (Å²) in [6.45, 7) is 1.67. The zero-order valence-electron chi connectivity index (χ0n) is 11.4. The minimum atomic E-state index is 0.0692. The fourth-order valence-electron chi connectivity index (χ4n) is 2.29. The van der Waals surface area contributed by atoms with Crippen LogP contribution < -0.4 is 10.1 Å². The van der Waals surface area contributed by atoms with E-state index in [0.717, 1.165) is 43.9 Å². The molecule has 2 rings (SSSR count). The Morgan fingerprint density at radius 1 is 1.42 bits per heavy atom. The zero-order chi connectivity index (χ0) is 13.5. The third-order valence-corrected chi connectivity index (χ3v) is 3.47. The van der Waals surface area contributed by atoms with Crippen molar-refractivity contribution in [3.05, 3.63) is 24.3 Å². The van der Waals surface area contributed by atoms with E-state index < -0.39 is 0 Å². The van der Waals surface area contributed by atoms with Gasteiger partial charge >= 0.3 is 0 Å². The van der Waals surface area contributed by atoms with Crippen LogP contribution in [0.3, 0.4) is 0 Å².